The SMILES string of the molecule is CN(C)/N=C1\CCC[C@H]2CCCC[C@H]12. The van der Waals surface area contributed by atoms with Gasteiger partial charge in [-0.05, 0) is 38.0 Å². The predicted molar refractivity (Wildman–Crippen MR) is 60.4 cm³/mol. The lowest BCUT2D eigenvalue weighted by molar-refractivity contribution is 0.256. The second-order valence-corrected chi connectivity index (χ2v) is 4.98. The molecule has 2 aliphatic rings. The van der Waals surface area contributed by atoms with Gasteiger partial charge in [-0.2, -0.15) is 5.10 Å². The summed E-state index contributed by atoms with van der Waals surface area (Å²) in [7, 11) is 4.08. The van der Waals surface area contributed by atoms with Crippen LogP contribution >= 0.6 is 0 Å². The molecule has 0 aromatic rings. The second-order valence-electron chi connectivity index (χ2n) is 4.98. The molecule has 0 saturated heterocycles. The molecule has 0 bridgehead atoms. The first kappa shape index (κ1) is 10.0. The summed E-state index contributed by atoms with van der Waals surface area (Å²) in [5, 5.41) is 6.65. The van der Waals surface area contributed by atoms with Crippen LogP contribution in [0.25, 0.3) is 0 Å². The molecule has 14 heavy (non-hydrogen) atoms. The van der Waals surface area contributed by atoms with Crippen LogP contribution in [0.3, 0.4) is 0 Å². The molecule has 2 aliphatic carbocycles. The maximum absolute atomic E-state index is 4.67. The Morgan fingerprint density at radius 1 is 1.07 bits per heavy atom. The van der Waals surface area contributed by atoms with Gasteiger partial charge in [0.05, 0.1) is 0 Å². The van der Waals surface area contributed by atoms with Gasteiger partial charge in [0.1, 0.15) is 0 Å². The largest absolute Gasteiger partial charge is 0.303 e. The van der Waals surface area contributed by atoms with Crippen LogP contribution in [0.2, 0.25) is 0 Å². The van der Waals surface area contributed by atoms with E-state index in [1.165, 1.54) is 50.7 Å². The van der Waals surface area contributed by atoms with Gasteiger partial charge in [0.2, 0.25) is 0 Å². The highest BCUT2D eigenvalue weighted by atomic mass is 15.4. The third-order valence-electron chi connectivity index (χ3n) is 3.67. The van der Waals surface area contributed by atoms with Crippen molar-refractivity contribution in [1.82, 2.24) is 5.01 Å². The lowest BCUT2D eigenvalue weighted by atomic mass is 9.70. The van der Waals surface area contributed by atoms with Crippen molar-refractivity contribution in [1.29, 1.82) is 0 Å². The van der Waals surface area contributed by atoms with Crippen LogP contribution in [-0.4, -0.2) is 24.8 Å². The molecule has 0 radical (unpaired) electrons. The van der Waals surface area contributed by atoms with Crippen molar-refractivity contribution in [2.45, 2.75) is 44.9 Å². The van der Waals surface area contributed by atoms with Crippen LogP contribution in [0.15, 0.2) is 5.10 Å². The molecule has 0 unspecified atom stereocenters. The Labute approximate surface area is 87.4 Å². The minimum atomic E-state index is 0.833. The molecule has 0 N–H and O–H groups in total. The molecular formula is C12H22N2. The Hall–Kier alpha value is -0.530. The summed E-state index contributed by atoms with van der Waals surface area (Å²) >= 11 is 0. The van der Waals surface area contributed by atoms with Crippen LogP contribution in [0.4, 0.5) is 0 Å². The quantitative estimate of drug-likeness (QED) is 0.586. The van der Waals surface area contributed by atoms with Crippen molar-refractivity contribution < 1.29 is 0 Å². The van der Waals surface area contributed by atoms with Crippen LogP contribution in [0.1, 0.15) is 44.9 Å². The van der Waals surface area contributed by atoms with Crippen LogP contribution < -0.4 is 0 Å². The van der Waals surface area contributed by atoms with Gasteiger partial charge in [0.15, 0.2) is 0 Å². The third kappa shape index (κ3) is 2.10. The summed E-state index contributed by atoms with van der Waals surface area (Å²) in [5.41, 5.74) is 1.49. The van der Waals surface area contributed by atoms with E-state index in [-0.39, 0.29) is 0 Å². The van der Waals surface area contributed by atoms with Crippen LogP contribution in [0.5, 0.6) is 0 Å². The van der Waals surface area contributed by atoms with E-state index in [1.807, 2.05) is 19.1 Å². The maximum atomic E-state index is 4.67. The number of nitrogens with zero attached hydrogens (tertiary/aromatic N) is 2. The minimum Gasteiger partial charge on any atom is -0.303 e. The summed E-state index contributed by atoms with van der Waals surface area (Å²) < 4.78 is 0. The van der Waals surface area contributed by atoms with E-state index in [2.05, 4.69) is 5.10 Å². The summed E-state index contributed by atoms with van der Waals surface area (Å²) in [4.78, 5) is 0. The smallest absolute Gasteiger partial charge is 0.0414 e. The third-order valence-corrected chi connectivity index (χ3v) is 3.67. The van der Waals surface area contributed by atoms with Crippen molar-refractivity contribution in [3.8, 4) is 0 Å². The van der Waals surface area contributed by atoms with E-state index >= 15 is 0 Å². The van der Waals surface area contributed by atoms with E-state index in [1.54, 1.807) is 0 Å². The summed E-state index contributed by atoms with van der Waals surface area (Å²) in [5.74, 6) is 1.80. The molecule has 0 aliphatic heterocycles. The number of hydrogen-bond donors (Lipinski definition) is 0. The fourth-order valence-corrected chi connectivity index (χ4v) is 3.10. The van der Waals surface area contributed by atoms with Crippen molar-refractivity contribution in [2.24, 2.45) is 16.9 Å². The molecule has 0 aromatic carbocycles. The molecule has 2 nitrogen and oxygen atoms in total. The van der Waals surface area contributed by atoms with Gasteiger partial charge >= 0.3 is 0 Å². The van der Waals surface area contributed by atoms with Crippen molar-refractivity contribution in [3.05, 3.63) is 0 Å². The van der Waals surface area contributed by atoms with Crippen molar-refractivity contribution in [3.63, 3.8) is 0 Å². The van der Waals surface area contributed by atoms with Gasteiger partial charge in [0, 0.05) is 25.7 Å². The summed E-state index contributed by atoms with van der Waals surface area (Å²) in [6, 6.07) is 0. The molecule has 2 atom stereocenters. The fourth-order valence-electron chi connectivity index (χ4n) is 3.10. The highest BCUT2D eigenvalue weighted by Gasteiger charge is 2.32. The molecule has 2 rings (SSSR count). The van der Waals surface area contributed by atoms with E-state index in [4.69, 9.17) is 0 Å². The zero-order valence-corrected chi connectivity index (χ0v) is 9.50. The normalized spacial score (nSPS) is 35.4. The predicted octanol–water partition coefficient (Wildman–Crippen LogP) is 2.89. The first-order chi connectivity index (χ1) is 6.77. The Kier molecular flexibility index (Phi) is 3.09. The average molecular weight is 194 g/mol. The molecule has 2 saturated carbocycles. The molecule has 0 heterocycles. The van der Waals surface area contributed by atoms with Gasteiger partial charge in [-0.25, -0.2) is 0 Å². The molecular weight excluding hydrogens is 172 g/mol. The van der Waals surface area contributed by atoms with E-state index in [9.17, 15) is 0 Å². The van der Waals surface area contributed by atoms with E-state index in [0.29, 0.717) is 0 Å². The second kappa shape index (κ2) is 4.33. The van der Waals surface area contributed by atoms with Gasteiger partial charge in [0.25, 0.3) is 0 Å². The number of hydrogen-bond acceptors (Lipinski definition) is 2. The van der Waals surface area contributed by atoms with Crippen molar-refractivity contribution in [2.75, 3.05) is 14.1 Å². The van der Waals surface area contributed by atoms with E-state index < -0.39 is 0 Å². The molecule has 0 amide bonds. The highest BCUT2D eigenvalue weighted by Crippen LogP contribution is 2.39. The van der Waals surface area contributed by atoms with Crippen LogP contribution in [-0.2, 0) is 0 Å². The zero-order valence-electron chi connectivity index (χ0n) is 9.50. The summed E-state index contributed by atoms with van der Waals surface area (Å²) in [6.07, 6.45) is 9.81. The molecule has 0 aromatic heterocycles. The summed E-state index contributed by atoms with van der Waals surface area (Å²) in [6.45, 7) is 0. The molecule has 0 spiro atoms. The molecule has 2 fully saturated rings. The monoisotopic (exact) mass is 194 g/mol. The lowest BCUT2D eigenvalue weighted by Gasteiger charge is -2.36. The standard InChI is InChI=1S/C12H22N2/c1-14(2)13-12-9-5-7-10-6-3-4-8-11(10)12/h10-11H,3-9H2,1-2H3/b13-12+/t10-,11+/m1/s1. The number of fused-ring (bicyclic) bond motifs is 1. The molecule has 2 heteroatoms. The minimum absolute atomic E-state index is 0.833. The first-order valence-electron chi connectivity index (χ1n) is 6.02. The van der Waals surface area contributed by atoms with Gasteiger partial charge in [-0.1, -0.05) is 12.8 Å². The Balaban J connectivity index is 2.08. The number of rotatable bonds is 1. The highest BCUT2D eigenvalue weighted by molar-refractivity contribution is 5.87. The average Bonchev–Trinajstić information content (AvgIpc) is 2.18. The first-order valence-corrected chi connectivity index (χ1v) is 6.02. The van der Waals surface area contributed by atoms with Gasteiger partial charge < -0.3 is 5.01 Å². The Morgan fingerprint density at radius 2 is 1.79 bits per heavy atom. The van der Waals surface area contributed by atoms with Crippen LogP contribution in [0, 0.1) is 11.8 Å². The van der Waals surface area contributed by atoms with Crippen molar-refractivity contribution >= 4 is 5.71 Å². The topological polar surface area (TPSA) is 15.6 Å². The maximum Gasteiger partial charge on any atom is 0.0414 e. The fraction of sp³-hybridized carbons (Fsp3) is 0.917. The Bertz CT molecular complexity index is 218. The zero-order chi connectivity index (χ0) is 9.97. The Morgan fingerprint density at radius 3 is 2.57 bits per heavy atom. The van der Waals surface area contributed by atoms with E-state index in [0.717, 1.165) is 11.8 Å². The van der Waals surface area contributed by atoms with Gasteiger partial charge in [-0.15, -0.1) is 0 Å². The number of hydrazone groups is 1. The lowest BCUT2D eigenvalue weighted by Crippen LogP contribution is -2.32. The molecule has 80 valence electrons. The van der Waals surface area contributed by atoms with Gasteiger partial charge in [-0.3, -0.25) is 0 Å².